The van der Waals surface area contributed by atoms with E-state index in [-0.39, 0.29) is 44.0 Å². The van der Waals surface area contributed by atoms with Crippen LogP contribution in [0.2, 0.25) is 5.02 Å². The number of benzene rings is 3. The number of esters is 1. The van der Waals surface area contributed by atoms with Crippen molar-refractivity contribution in [3.63, 3.8) is 0 Å². The molecule has 4 aromatic rings. The molecule has 4 N–H and O–H groups in total. The molecule has 0 radical (unpaired) electrons. The van der Waals surface area contributed by atoms with Crippen molar-refractivity contribution >= 4 is 23.5 Å². The van der Waals surface area contributed by atoms with Gasteiger partial charge in [0.1, 0.15) is 48.0 Å². The maximum Gasteiger partial charge on any atom is 0.323 e. The topological polar surface area (TPSA) is 184 Å². The van der Waals surface area contributed by atoms with Gasteiger partial charge in [0, 0.05) is 49.2 Å². The lowest BCUT2D eigenvalue weighted by atomic mass is 9.88. The van der Waals surface area contributed by atoms with Gasteiger partial charge in [-0.1, -0.05) is 41.9 Å². The van der Waals surface area contributed by atoms with E-state index in [4.69, 9.17) is 30.5 Å². The van der Waals surface area contributed by atoms with E-state index in [0.717, 1.165) is 46.5 Å². The maximum atomic E-state index is 12.5. The first-order valence-corrected chi connectivity index (χ1v) is 19.2. The molecule has 1 unspecified atom stereocenters. The third-order valence-electron chi connectivity index (χ3n) is 10.2. The van der Waals surface area contributed by atoms with E-state index in [1.165, 1.54) is 6.20 Å². The second-order valence-electron chi connectivity index (χ2n) is 14.0. The van der Waals surface area contributed by atoms with Crippen LogP contribution in [0.15, 0.2) is 67.0 Å². The number of aliphatic carboxylic acids is 1. The van der Waals surface area contributed by atoms with E-state index in [9.17, 15) is 30.2 Å². The lowest BCUT2D eigenvalue weighted by molar-refractivity contribution is -0.157. The molecule has 1 saturated heterocycles. The summed E-state index contributed by atoms with van der Waals surface area (Å²) >= 11 is 6.71. The minimum atomic E-state index is -1.20. The number of hydrogen-bond acceptors (Lipinski definition) is 12. The Morgan fingerprint density at radius 1 is 0.982 bits per heavy atom. The number of aromatic nitrogens is 1. The van der Waals surface area contributed by atoms with Crippen LogP contribution in [0, 0.1) is 30.6 Å². The molecule has 302 valence electrons. The molecular formula is C43H49ClN4O9. The van der Waals surface area contributed by atoms with Crippen LogP contribution in [0.1, 0.15) is 53.1 Å². The number of ether oxygens (including phenoxy) is 4. The van der Waals surface area contributed by atoms with Gasteiger partial charge in [0.05, 0.1) is 37.0 Å². The van der Waals surface area contributed by atoms with E-state index >= 15 is 0 Å². The fourth-order valence-electron chi connectivity index (χ4n) is 6.82. The van der Waals surface area contributed by atoms with Gasteiger partial charge in [-0.05, 0) is 86.2 Å². The Balaban J connectivity index is 1.26. The zero-order valence-electron chi connectivity index (χ0n) is 32.4. The highest BCUT2D eigenvalue weighted by Crippen LogP contribution is 2.37. The smallest absolute Gasteiger partial charge is 0.323 e. The van der Waals surface area contributed by atoms with Gasteiger partial charge >= 0.3 is 11.9 Å². The number of hydrogen-bond donors (Lipinski definition) is 4. The largest absolute Gasteiger partial charge is 0.493 e. The SMILES string of the molecule is CCOC(=O)C1(CO)CCN(CCCOc2cccc(-c3cccc(COc4cc(OCc5cncc(C#N)c5)c(CN[C@H](CO)C(=O)O)cc4Cl)c3C)c2C)C1. The van der Waals surface area contributed by atoms with Gasteiger partial charge in [-0.2, -0.15) is 5.26 Å². The molecule has 0 aliphatic carbocycles. The molecule has 1 aromatic heterocycles. The number of carboxylic acids is 1. The molecule has 1 aliphatic rings. The summed E-state index contributed by atoms with van der Waals surface area (Å²) in [6.45, 7) is 8.01. The zero-order valence-corrected chi connectivity index (χ0v) is 33.2. The second kappa shape index (κ2) is 20.3. The molecule has 2 heterocycles. The Kier molecular flexibility index (Phi) is 15.3. The van der Waals surface area contributed by atoms with Crippen LogP contribution in [0.4, 0.5) is 0 Å². The van der Waals surface area contributed by atoms with E-state index in [0.29, 0.717) is 54.3 Å². The molecular weight excluding hydrogens is 752 g/mol. The van der Waals surface area contributed by atoms with Crippen molar-refractivity contribution in [1.82, 2.24) is 15.2 Å². The van der Waals surface area contributed by atoms with Gasteiger partial charge in [0.2, 0.25) is 0 Å². The molecule has 0 saturated carbocycles. The van der Waals surface area contributed by atoms with Gasteiger partial charge in [0.25, 0.3) is 0 Å². The first-order chi connectivity index (χ1) is 27.5. The number of nitrogens with one attached hydrogen (secondary N) is 1. The highest BCUT2D eigenvalue weighted by molar-refractivity contribution is 6.32. The Bertz CT molecular complexity index is 2070. The van der Waals surface area contributed by atoms with Crippen molar-refractivity contribution < 1.29 is 43.9 Å². The number of likely N-dealkylation sites (tertiary alicyclic amines) is 1. The summed E-state index contributed by atoms with van der Waals surface area (Å²) in [6.07, 6.45) is 4.37. The Hall–Kier alpha value is -5.23. The number of nitrogens with zero attached hydrogens (tertiary/aromatic N) is 3. The molecule has 3 aromatic carbocycles. The summed E-state index contributed by atoms with van der Waals surface area (Å²) in [7, 11) is 0. The third-order valence-corrected chi connectivity index (χ3v) is 10.5. The molecule has 0 amide bonds. The number of pyridine rings is 1. The predicted octanol–water partition coefficient (Wildman–Crippen LogP) is 5.60. The number of aliphatic hydroxyl groups is 2. The summed E-state index contributed by atoms with van der Waals surface area (Å²) in [6, 6.07) is 17.8. The van der Waals surface area contributed by atoms with Crippen LogP contribution < -0.4 is 19.5 Å². The summed E-state index contributed by atoms with van der Waals surface area (Å²) in [5, 5.41) is 41.3. The van der Waals surface area contributed by atoms with Crippen LogP contribution in [-0.4, -0.2) is 89.2 Å². The number of carbonyl (C=O) groups is 2. The number of halogens is 1. The standard InChI is InChI=1S/C43H49ClN4O9/c1-4-54-42(53)43(27-50)12-14-48(26-43)13-7-15-55-38-11-6-10-35(29(38)3)34-9-5-8-32(28(34)2)25-57-40-18-39(56-24-31-16-30(19-45)20-46-21-31)33(17-36(40)44)22-47-37(23-49)41(51)52/h5-6,8-11,16-18,20-21,37,47,49-50H,4,7,12-15,22-27H2,1-3H3,(H,51,52)/t37-,43?/m1/s1. The maximum absolute atomic E-state index is 12.5. The van der Waals surface area contributed by atoms with E-state index in [1.807, 2.05) is 38.1 Å². The normalized spacial score (nSPS) is 15.8. The van der Waals surface area contributed by atoms with Crippen LogP contribution >= 0.6 is 11.6 Å². The molecule has 1 fully saturated rings. The van der Waals surface area contributed by atoms with Gasteiger partial charge < -0.3 is 39.2 Å². The van der Waals surface area contributed by atoms with Crippen LogP contribution in [0.25, 0.3) is 11.1 Å². The van der Waals surface area contributed by atoms with Gasteiger partial charge in [-0.3, -0.25) is 19.9 Å². The molecule has 2 atom stereocenters. The number of rotatable bonds is 20. The Morgan fingerprint density at radius 2 is 1.74 bits per heavy atom. The summed E-state index contributed by atoms with van der Waals surface area (Å²) in [5.74, 6) is -0.0254. The van der Waals surface area contributed by atoms with Crippen molar-refractivity contribution in [3.05, 3.63) is 105 Å². The Labute approximate surface area is 337 Å². The molecule has 5 rings (SSSR count). The van der Waals surface area contributed by atoms with E-state index in [2.05, 4.69) is 33.4 Å². The predicted molar refractivity (Wildman–Crippen MR) is 213 cm³/mol. The van der Waals surface area contributed by atoms with Gasteiger partial charge in [-0.15, -0.1) is 0 Å². The molecule has 0 bridgehead atoms. The number of carboxylic acid groups (broad SMARTS) is 1. The minimum absolute atomic E-state index is 0.0352. The van der Waals surface area contributed by atoms with Crippen molar-refractivity contribution in [3.8, 4) is 34.4 Å². The highest BCUT2D eigenvalue weighted by atomic mass is 35.5. The second-order valence-corrected chi connectivity index (χ2v) is 14.4. The number of nitriles is 1. The lowest BCUT2D eigenvalue weighted by Gasteiger charge is -2.24. The van der Waals surface area contributed by atoms with Crippen molar-refractivity contribution in [2.75, 3.05) is 46.1 Å². The quantitative estimate of drug-likeness (QED) is 0.0641. The minimum Gasteiger partial charge on any atom is -0.493 e. The molecule has 57 heavy (non-hydrogen) atoms. The third kappa shape index (κ3) is 10.8. The molecule has 1 aliphatic heterocycles. The van der Waals surface area contributed by atoms with Crippen LogP contribution in [-0.2, 0) is 34.1 Å². The average molecular weight is 801 g/mol. The summed E-state index contributed by atoms with van der Waals surface area (Å²) in [5.41, 5.74) is 5.73. The van der Waals surface area contributed by atoms with Crippen molar-refractivity contribution in [2.45, 2.75) is 59.4 Å². The van der Waals surface area contributed by atoms with Crippen LogP contribution in [0.5, 0.6) is 17.2 Å². The first kappa shape index (κ1) is 42.9. The summed E-state index contributed by atoms with van der Waals surface area (Å²) < 4.78 is 23.9. The number of aliphatic hydroxyl groups excluding tert-OH is 2. The molecule has 0 spiro atoms. The van der Waals surface area contributed by atoms with Crippen molar-refractivity contribution in [2.24, 2.45) is 5.41 Å². The Morgan fingerprint density at radius 3 is 2.46 bits per heavy atom. The summed E-state index contributed by atoms with van der Waals surface area (Å²) in [4.78, 5) is 30.3. The monoisotopic (exact) mass is 800 g/mol. The molecule has 13 nitrogen and oxygen atoms in total. The highest BCUT2D eigenvalue weighted by Gasteiger charge is 2.45. The lowest BCUT2D eigenvalue weighted by Crippen LogP contribution is -2.39. The zero-order chi connectivity index (χ0) is 41.0. The van der Waals surface area contributed by atoms with E-state index in [1.54, 1.807) is 31.3 Å². The van der Waals surface area contributed by atoms with Gasteiger partial charge in [-0.25, -0.2) is 0 Å². The fraction of sp³-hybridized carbons (Fsp3) is 0.395. The van der Waals surface area contributed by atoms with Crippen molar-refractivity contribution in [1.29, 1.82) is 5.26 Å². The number of carbonyl (C=O) groups excluding carboxylic acids is 1. The van der Waals surface area contributed by atoms with E-state index < -0.39 is 24.0 Å². The average Bonchev–Trinajstić information content (AvgIpc) is 3.65. The molecule has 14 heteroatoms. The van der Waals surface area contributed by atoms with Gasteiger partial charge in [0.15, 0.2) is 0 Å². The van der Waals surface area contributed by atoms with Crippen LogP contribution in [0.3, 0.4) is 0 Å². The fourth-order valence-corrected chi connectivity index (χ4v) is 7.07. The first-order valence-electron chi connectivity index (χ1n) is 18.8.